The Morgan fingerprint density at radius 1 is 1.25 bits per heavy atom. The lowest BCUT2D eigenvalue weighted by Gasteiger charge is -2.01. The Kier molecular flexibility index (Phi) is 3.92. The molecule has 0 fully saturated rings. The summed E-state index contributed by atoms with van der Waals surface area (Å²) in [5.41, 5.74) is 0. The van der Waals surface area contributed by atoms with Crippen LogP contribution in [-0.4, -0.2) is 28.9 Å². The number of aliphatic hydroxyl groups is 1. The maximum absolute atomic E-state index is 10.4. The van der Waals surface area contributed by atoms with Crippen molar-refractivity contribution in [2.75, 3.05) is 0 Å². The molecule has 68 valence electrons. The van der Waals surface area contributed by atoms with E-state index in [0.717, 1.165) is 13.8 Å². The molecule has 0 radical (unpaired) electrons. The Labute approximate surface area is 68.0 Å². The first kappa shape index (κ1) is 10.6. The van der Waals surface area contributed by atoms with E-state index in [1.165, 1.54) is 0 Å². The Balaban J connectivity index is 3.77. The summed E-state index contributed by atoms with van der Waals surface area (Å²) in [4.78, 5) is 38.4. The summed E-state index contributed by atoms with van der Waals surface area (Å²) in [5, 5.41) is 8.52. The molecule has 0 spiro atoms. The van der Waals surface area contributed by atoms with Gasteiger partial charge in [-0.3, -0.25) is 4.79 Å². The number of aliphatic hydroxyl groups excluding tert-OH is 1. The van der Waals surface area contributed by atoms with Gasteiger partial charge in [0.15, 0.2) is 6.10 Å². The third-order valence-electron chi connectivity index (χ3n) is 0.828. The van der Waals surface area contributed by atoms with Crippen molar-refractivity contribution in [1.29, 1.82) is 0 Å². The van der Waals surface area contributed by atoms with Crippen LogP contribution in [0.3, 0.4) is 0 Å². The SMILES string of the molecule is CC(=O)C(=O)OOC(=O)C(C)O. The molecule has 0 bridgehead atoms. The Bertz CT molecular complexity index is 206. The van der Waals surface area contributed by atoms with Crippen molar-refractivity contribution in [3.8, 4) is 0 Å². The summed E-state index contributed by atoms with van der Waals surface area (Å²) in [7, 11) is 0. The van der Waals surface area contributed by atoms with Crippen molar-refractivity contribution < 1.29 is 29.3 Å². The first-order valence-corrected chi connectivity index (χ1v) is 3.06. The Morgan fingerprint density at radius 3 is 2.08 bits per heavy atom. The number of carbonyl (C=O) groups is 3. The fourth-order valence-corrected chi connectivity index (χ4v) is 0.207. The van der Waals surface area contributed by atoms with Gasteiger partial charge in [-0.1, -0.05) is 0 Å². The van der Waals surface area contributed by atoms with E-state index in [4.69, 9.17) is 5.11 Å². The second-order valence-corrected chi connectivity index (χ2v) is 2.01. The number of hydrogen-bond acceptors (Lipinski definition) is 6. The van der Waals surface area contributed by atoms with Crippen molar-refractivity contribution in [2.24, 2.45) is 0 Å². The number of rotatable bonds is 2. The highest BCUT2D eigenvalue weighted by Crippen LogP contribution is 1.89. The van der Waals surface area contributed by atoms with Gasteiger partial charge in [0.1, 0.15) is 0 Å². The zero-order valence-electron chi connectivity index (χ0n) is 6.57. The maximum Gasteiger partial charge on any atom is 0.421 e. The lowest BCUT2D eigenvalue weighted by atomic mass is 10.4. The van der Waals surface area contributed by atoms with Gasteiger partial charge in [0.05, 0.1) is 0 Å². The van der Waals surface area contributed by atoms with Gasteiger partial charge in [-0.15, -0.1) is 0 Å². The third kappa shape index (κ3) is 3.67. The molecule has 1 unspecified atom stereocenters. The number of carbonyl (C=O) groups excluding carboxylic acids is 3. The maximum atomic E-state index is 10.4. The van der Waals surface area contributed by atoms with Crippen LogP contribution in [0.4, 0.5) is 0 Å². The molecule has 0 heterocycles. The molecule has 0 aliphatic carbocycles. The van der Waals surface area contributed by atoms with E-state index in [-0.39, 0.29) is 0 Å². The van der Waals surface area contributed by atoms with E-state index in [0.29, 0.717) is 0 Å². The van der Waals surface area contributed by atoms with Crippen LogP contribution in [-0.2, 0) is 24.2 Å². The number of ketones is 1. The summed E-state index contributed by atoms with van der Waals surface area (Å²) in [6.45, 7) is 2.09. The first-order chi connectivity index (χ1) is 5.45. The molecule has 0 amide bonds. The summed E-state index contributed by atoms with van der Waals surface area (Å²) < 4.78 is 0. The quantitative estimate of drug-likeness (QED) is 0.328. The molecule has 0 saturated heterocycles. The second-order valence-electron chi connectivity index (χ2n) is 2.01. The molecular weight excluding hydrogens is 168 g/mol. The molecule has 12 heavy (non-hydrogen) atoms. The molecule has 0 aromatic rings. The van der Waals surface area contributed by atoms with Gasteiger partial charge in [-0.25, -0.2) is 19.4 Å². The normalized spacial score (nSPS) is 11.6. The topological polar surface area (TPSA) is 89.9 Å². The highest BCUT2D eigenvalue weighted by atomic mass is 17.2. The van der Waals surface area contributed by atoms with Crippen molar-refractivity contribution in [3.63, 3.8) is 0 Å². The van der Waals surface area contributed by atoms with Gasteiger partial charge in [0.2, 0.25) is 5.78 Å². The summed E-state index contributed by atoms with van der Waals surface area (Å²) in [5.74, 6) is -3.32. The molecule has 0 aliphatic rings. The summed E-state index contributed by atoms with van der Waals surface area (Å²) >= 11 is 0. The second kappa shape index (κ2) is 4.45. The number of hydrogen-bond donors (Lipinski definition) is 1. The highest BCUT2D eigenvalue weighted by Gasteiger charge is 2.17. The highest BCUT2D eigenvalue weighted by molar-refractivity contribution is 6.32. The van der Waals surface area contributed by atoms with Crippen molar-refractivity contribution in [2.45, 2.75) is 20.0 Å². The molecular formula is C6H8O6. The molecule has 0 aromatic carbocycles. The third-order valence-corrected chi connectivity index (χ3v) is 0.828. The average molecular weight is 176 g/mol. The van der Waals surface area contributed by atoms with Gasteiger partial charge < -0.3 is 5.11 Å². The minimum Gasteiger partial charge on any atom is -0.382 e. The van der Waals surface area contributed by atoms with Crippen LogP contribution in [0.15, 0.2) is 0 Å². The molecule has 6 nitrogen and oxygen atoms in total. The molecule has 1 N–H and O–H groups in total. The van der Waals surface area contributed by atoms with Crippen molar-refractivity contribution >= 4 is 17.7 Å². The van der Waals surface area contributed by atoms with Crippen LogP contribution in [0.2, 0.25) is 0 Å². The van der Waals surface area contributed by atoms with Crippen LogP contribution in [0, 0.1) is 0 Å². The zero-order valence-corrected chi connectivity index (χ0v) is 6.57. The Hall–Kier alpha value is -1.43. The van der Waals surface area contributed by atoms with E-state index in [1.807, 2.05) is 0 Å². The van der Waals surface area contributed by atoms with Crippen LogP contribution in [0.25, 0.3) is 0 Å². The van der Waals surface area contributed by atoms with Gasteiger partial charge in [0.25, 0.3) is 0 Å². The molecule has 6 heteroatoms. The van der Waals surface area contributed by atoms with Crippen molar-refractivity contribution in [1.82, 2.24) is 0 Å². The molecule has 0 aliphatic heterocycles. The van der Waals surface area contributed by atoms with E-state index in [2.05, 4.69) is 9.78 Å². The fraction of sp³-hybridized carbons (Fsp3) is 0.500. The molecule has 0 saturated carbocycles. The van der Waals surface area contributed by atoms with Crippen LogP contribution >= 0.6 is 0 Å². The van der Waals surface area contributed by atoms with Crippen LogP contribution in [0.1, 0.15) is 13.8 Å². The van der Waals surface area contributed by atoms with E-state index in [9.17, 15) is 14.4 Å². The van der Waals surface area contributed by atoms with E-state index in [1.54, 1.807) is 0 Å². The van der Waals surface area contributed by atoms with Gasteiger partial charge in [-0.05, 0) is 6.92 Å². The summed E-state index contributed by atoms with van der Waals surface area (Å²) in [6, 6.07) is 0. The minimum atomic E-state index is -1.40. The fourth-order valence-electron chi connectivity index (χ4n) is 0.207. The van der Waals surface area contributed by atoms with Gasteiger partial charge in [0, 0.05) is 6.92 Å². The summed E-state index contributed by atoms with van der Waals surface area (Å²) in [6.07, 6.45) is -1.40. The van der Waals surface area contributed by atoms with Gasteiger partial charge in [-0.2, -0.15) is 0 Å². The smallest absolute Gasteiger partial charge is 0.382 e. The van der Waals surface area contributed by atoms with Crippen molar-refractivity contribution in [3.05, 3.63) is 0 Å². The molecule has 0 aromatic heterocycles. The van der Waals surface area contributed by atoms with E-state index < -0.39 is 23.8 Å². The molecule has 0 rings (SSSR count). The lowest BCUT2D eigenvalue weighted by molar-refractivity contribution is -0.261. The number of Topliss-reactive ketones (excluding diaryl/α,β-unsaturated/α-hetero) is 1. The predicted octanol–water partition coefficient (Wildman–Crippen LogP) is -1.04. The van der Waals surface area contributed by atoms with Crippen LogP contribution in [0.5, 0.6) is 0 Å². The standard InChI is InChI=1S/C6H8O6/c1-3(7)5(9)11-12-6(10)4(2)8/h3,7H,1-2H3. The largest absolute Gasteiger partial charge is 0.421 e. The van der Waals surface area contributed by atoms with Crippen LogP contribution < -0.4 is 0 Å². The molecule has 1 atom stereocenters. The predicted molar refractivity (Wildman–Crippen MR) is 34.5 cm³/mol. The van der Waals surface area contributed by atoms with E-state index >= 15 is 0 Å². The monoisotopic (exact) mass is 176 g/mol. The minimum absolute atomic E-state index is 0.895. The average Bonchev–Trinajstić information content (AvgIpc) is 1.98. The lowest BCUT2D eigenvalue weighted by Crippen LogP contribution is -2.23. The first-order valence-electron chi connectivity index (χ1n) is 3.06. The van der Waals surface area contributed by atoms with Gasteiger partial charge >= 0.3 is 11.9 Å². The zero-order chi connectivity index (χ0) is 9.72. The Morgan fingerprint density at radius 2 is 1.75 bits per heavy atom.